The van der Waals surface area contributed by atoms with E-state index in [4.69, 9.17) is 0 Å². The Labute approximate surface area is 119 Å². The average Bonchev–Trinajstić information content (AvgIpc) is 2.32. The number of nitrogens with one attached hydrogen (secondary N) is 2. The van der Waals surface area contributed by atoms with E-state index < -0.39 is 0 Å². The Morgan fingerprint density at radius 3 is 2.47 bits per heavy atom. The molecule has 1 aliphatic rings. The quantitative estimate of drug-likeness (QED) is 0.893. The predicted molar refractivity (Wildman–Crippen MR) is 76.0 cm³/mol. The standard InChI is InChI=1S/C14H19FN2O.ClH/c1-14(6-8-16-9-7-14)17-13(18)10-11-2-4-12(15)5-3-11;/h2-5,16H,6-10H2,1H3,(H,17,18);1H. The third-order valence-electron chi connectivity index (χ3n) is 3.43. The maximum Gasteiger partial charge on any atom is 0.224 e. The monoisotopic (exact) mass is 286 g/mol. The zero-order valence-electron chi connectivity index (χ0n) is 11.0. The Balaban J connectivity index is 0.00000180. The molecular weight excluding hydrogens is 267 g/mol. The van der Waals surface area contributed by atoms with Gasteiger partial charge in [-0.25, -0.2) is 4.39 Å². The first-order valence-corrected chi connectivity index (χ1v) is 6.34. The first-order chi connectivity index (χ1) is 8.57. The molecule has 1 aliphatic heterocycles. The molecule has 1 aromatic carbocycles. The molecule has 0 radical (unpaired) electrons. The van der Waals surface area contributed by atoms with E-state index in [1.807, 2.05) is 0 Å². The van der Waals surface area contributed by atoms with Gasteiger partial charge in [0.05, 0.1) is 6.42 Å². The molecule has 5 heteroatoms. The fourth-order valence-corrected chi connectivity index (χ4v) is 2.27. The first-order valence-electron chi connectivity index (χ1n) is 6.34. The van der Waals surface area contributed by atoms with Gasteiger partial charge in [0.25, 0.3) is 0 Å². The largest absolute Gasteiger partial charge is 0.351 e. The van der Waals surface area contributed by atoms with E-state index in [1.54, 1.807) is 12.1 Å². The van der Waals surface area contributed by atoms with Gasteiger partial charge >= 0.3 is 0 Å². The van der Waals surface area contributed by atoms with E-state index in [2.05, 4.69) is 17.6 Å². The molecule has 0 spiro atoms. The minimum absolute atomic E-state index is 0. The van der Waals surface area contributed by atoms with Gasteiger partial charge in [-0.05, 0) is 50.6 Å². The second kappa shape index (κ2) is 6.87. The molecule has 1 heterocycles. The summed E-state index contributed by atoms with van der Waals surface area (Å²) in [7, 11) is 0. The molecule has 2 N–H and O–H groups in total. The summed E-state index contributed by atoms with van der Waals surface area (Å²) in [6.07, 6.45) is 2.20. The van der Waals surface area contributed by atoms with E-state index >= 15 is 0 Å². The van der Waals surface area contributed by atoms with Crippen molar-refractivity contribution in [3.05, 3.63) is 35.6 Å². The molecule has 19 heavy (non-hydrogen) atoms. The average molecular weight is 287 g/mol. The van der Waals surface area contributed by atoms with Crippen LogP contribution in [0, 0.1) is 5.82 Å². The second-order valence-corrected chi connectivity index (χ2v) is 5.16. The van der Waals surface area contributed by atoms with Crippen LogP contribution < -0.4 is 10.6 Å². The van der Waals surface area contributed by atoms with Crippen molar-refractivity contribution in [3.8, 4) is 0 Å². The van der Waals surface area contributed by atoms with Crippen molar-refractivity contribution in [2.75, 3.05) is 13.1 Å². The molecule has 1 fully saturated rings. The highest BCUT2D eigenvalue weighted by Crippen LogP contribution is 2.17. The number of piperidine rings is 1. The van der Waals surface area contributed by atoms with Crippen LogP contribution in [-0.2, 0) is 11.2 Å². The van der Waals surface area contributed by atoms with Crippen LogP contribution in [0.4, 0.5) is 4.39 Å². The zero-order chi connectivity index (χ0) is 13.0. The van der Waals surface area contributed by atoms with Crippen molar-refractivity contribution < 1.29 is 9.18 Å². The van der Waals surface area contributed by atoms with E-state index in [1.165, 1.54) is 12.1 Å². The Kier molecular flexibility index (Phi) is 5.76. The molecular formula is C14H20ClFN2O. The van der Waals surface area contributed by atoms with Crippen molar-refractivity contribution in [1.29, 1.82) is 0 Å². The van der Waals surface area contributed by atoms with Crippen LogP contribution in [0.2, 0.25) is 0 Å². The Bertz CT molecular complexity index is 416. The van der Waals surface area contributed by atoms with E-state index in [-0.39, 0.29) is 29.7 Å². The molecule has 3 nitrogen and oxygen atoms in total. The van der Waals surface area contributed by atoms with Crippen LogP contribution in [-0.4, -0.2) is 24.5 Å². The number of benzene rings is 1. The number of carbonyl (C=O) groups is 1. The van der Waals surface area contributed by atoms with Gasteiger partial charge in [-0.15, -0.1) is 12.4 Å². The van der Waals surface area contributed by atoms with Crippen molar-refractivity contribution >= 4 is 18.3 Å². The van der Waals surface area contributed by atoms with Gasteiger partial charge in [-0.2, -0.15) is 0 Å². The lowest BCUT2D eigenvalue weighted by Crippen LogP contribution is -2.52. The van der Waals surface area contributed by atoms with Gasteiger partial charge in [0.15, 0.2) is 0 Å². The summed E-state index contributed by atoms with van der Waals surface area (Å²) in [4.78, 5) is 11.9. The minimum Gasteiger partial charge on any atom is -0.351 e. The molecule has 0 aromatic heterocycles. The molecule has 0 saturated carbocycles. The van der Waals surface area contributed by atoms with Crippen LogP contribution in [0.5, 0.6) is 0 Å². The van der Waals surface area contributed by atoms with Crippen molar-refractivity contribution in [1.82, 2.24) is 10.6 Å². The van der Waals surface area contributed by atoms with E-state index in [0.29, 0.717) is 6.42 Å². The van der Waals surface area contributed by atoms with Crippen LogP contribution >= 0.6 is 12.4 Å². The minimum atomic E-state index is -0.274. The molecule has 106 valence electrons. The molecule has 0 unspecified atom stereocenters. The van der Waals surface area contributed by atoms with Crippen molar-refractivity contribution in [2.45, 2.75) is 31.7 Å². The Hall–Kier alpha value is -1.13. The summed E-state index contributed by atoms with van der Waals surface area (Å²) < 4.78 is 12.8. The lowest BCUT2D eigenvalue weighted by Gasteiger charge is -2.35. The molecule has 0 bridgehead atoms. The summed E-state index contributed by atoms with van der Waals surface area (Å²) in [5.74, 6) is -0.268. The third-order valence-corrected chi connectivity index (χ3v) is 3.43. The summed E-state index contributed by atoms with van der Waals surface area (Å²) in [5.41, 5.74) is 0.731. The fraction of sp³-hybridized carbons (Fsp3) is 0.500. The van der Waals surface area contributed by atoms with Gasteiger partial charge < -0.3 is 10.6 Å². The smallest absolute Gasteiger partial charge is 0.224 e. The number of hydrogen-bond acceptors (Lipinski definition) is 2. The maximum atomic E-state index is 12.8. The third kappa shape index (κ3) is 4.80. The topological polar surface area (TPSA) is 41.1 Å². The Morgan fingerprint density at radius 2 is 1.89 bits per heavy atom. The number of hydrogen-bond donors (Lipinski definition) is 2. The summed E-state index contributed by atoms with van der Waals surface area (Å²) >= 11 is 0. The molecule has 1 amide bonds. The number of halogens is 2. The van der Waals surface area contributed by atoms with E-state index in [0.717, 1.165) is 31.5 Å². The normalized spacial score (nSPS) is 17.4. The SMILES string of the molecule is CC1(NC(=O)Cc2ccc(F)cc2)CCNCC1.Cl. The zero-order valence-corrected chi connectivity index (χ0v) is 11.9. The first kappa shape index (κ1) is 15.9. The molecule has 1 aromatic rings. The molecule has 1 saturated heterocycles. The highest BCUT2D eigenvalue weighted by molar-refractivity contribution is 5.85. The van der Waals surface area contributed by atoms with Crippen LogP contribution in [0.1, 0.15) is 25.3 Å². The van der Waals surface area contributed by atoms with Gasteiger partial charge in [-0.1, -0.05) is 12.1 Å². The lowest BCUT2D eigenvalue weighted by molar-refractivity contribution is -0.122. The van der Waals surface area contributed by atoms with E-state index in [9.17, 15) is 9.18 Å². The van der Waals surface area contributed by atoms with Crippen molar-refractivity contribution in [3.63, 3.8) is 0 Å². The maximum absolute atomic E-state index is 12.8. The number of carbonyl (C=O) groups excluding carboxylic acids is 1. The summed E-state index contributed by atoms with van der Waals surface area (Å²) in [6.45, 7) is 3.96. The van der Waals surface area contributed by atoms with Gasteiger partial charge in [-0.3, -0.25) is 4.79 Å². The van der Waals surface area contributed by atoms with Crippen LogP contribution in [0.15, 0.2) is 24.3 Å². The highest BCUT2D eigenvalue weighted by Gasteiger charge is 2.27. The predicted octanol–water partition coefficient (Wildman–Crippen LogP) is 2.05. The fourth-order valence-electron chi connectivity index (χ4n) is 2.27. The number of rotatable bonds is 3. The number of amides is 1. The highest BCUT2D eigenvalue weighted by atomic mass is 35.5. The molecule has 0 aliphatic carbocycles. The van der Waals surface area contributed by atoms with Gasteiger partial charge in [0, 0.05) is 5.54 Å². The summed E-state index contributed by atoms with van der Waals surface area (Å²) in [5, 5.41) is 6.36. The van der Waals surface area contributed by atoms with Crippen LogP contribution in [0.25, 0.3) is 0 Å². The molecule has 2 rings (SSSR count). The summed E-state index contributed by atoms with van der Waals surface area (Å²) in [6, 6.07) is 6.07. The van der Waals surface area contributed by atoms with Crippen molar-refractivity contribution in [2.24, 2.45) is 0 Å². The van der Waals surface area contributed by atoms with Gasteiger partial charge in [0.1, 0.15) is 5.82 Å². The second-order valence-electron chi connectivity index (χ2n) is 5.16. The van der Waals surface area contributed by atoms with Gasteiger partial charge in [0.2, 0.25) is 5.91 Å². The van der Waals surface area contributed by atoms with Crippen LogP contribution in [0.3, 0.4) is 0 Å². The molecule has 0 atom stereocenters. The Morgan fingerprint density at radius 1 is 1.32 bits per heavy atom. The lowest BCUT2D eigenvalue weighted by atomic mass is 9.90.